The lowest BCUT2D eigenvalue weighted by molar-refractivity contribution is 0.0696. The fourth-order valence-corrected chi connectivity index (χ4v) is 4.43. The molecular weight excluding hydrogens is 518 g/mol. The molecule has 0 fully saturated rings. The van der Waals surface area contributed by atoms with Gasteiger partial charge in [-0.1, -0.05) is 23.7 Å². The maximum absolute atomic E-state index is 13.2. The molecule has 0 saturated carbocycles. The molecule has 4 rings (SSSR count). The molecule has 0 aliphatic carbocycles. The van der Waals surface area contributed by atoms with Crippen LogP contribution in [0, 0.1) is 0 Å². The molecule has 0 aromatic heterocycles. The Morgan fingerprint density at radius 1 is 1.00 bits per heavy atom. The number of aromatic carboxylic acids is 1. The predicted molar refractivity (Wildman–Crippen MR) is 127 cm³/mol. The normalized spacial score (nSPS) is 12.2. The van der Waals surface area contributed by atoms with Gasteiger partial charge in [-0.25, -0.2) is 13.2 Å². The number of benzene rings is 3. The van der Waals surface area contributed by atoms with Gasteiger partial charge >= 0.3 is 5.97 Å². The third-order valence-corrected chi connectivity index (χ3v) is 6.29. The number of carbonyl (C=O) groups is 1. The van der Waals surface area contributed by atoms with E-state index in [4.69, 9.17) is 35.3 Å². The topological polar surface area (TPSA) is 150 Å². The zero-order valence-electron chi connectivity index (χ0n) is 18.5. The van der Waals surface area contributed by atoms with E-state index in [1.165, 1.54) is 18.2 Å². The molecule has 36 heavy (non-hydrogen) atoms. The second-order valence-corrected chi connectivity index (χ2v) is 9.05. The number of hydrogen-bond acceptors (Lipinski definition) is 9. The fourth-order valence-electron chi connectivity index (χ4n) is 3.24. The highest BCUT2D eigenvalue weighted by molar-refractivity contribution is 7.92. The number of halogens is 1. The highest BCUT2D eigenvalue weighted by atomic mass is 35.5. The minimum atomic E-state index is -4.27. The van der Waals surface area contributed by atoms with Crippen molar-refractivity contribution in [2.75, 3.05) is 30.8 Å². The van der Waals surface area contributed by atoms with Gasteiger partial charge in [-0.05, 0) is 36.4 Å². The van der Waals surface area contributed by atoms with E-state index in [0.717, 1.165) is 12.1 Å². The Morgan fingerprint density at radius 2 is 1.75 bits per heavy atom. The number of ether oxygens (including phenoxy) is 5. The second kappa shape index (κ2) is 10.8. The van der Waals surface area contributed by atoms with Gasteiger partial charge in [0, 0.05) is 6.07 Å². The molecule has 0 bridgehead atoms. The van der Waals surface area contributed by atoms with Crippen LogP contribution in [0.4, 0.5) is 5.69 Å². The summed E-state index contributed by atoms with van der Waals surface area (Å²) in [5, 5.41) is 18.8. The van der Waals surface area contributed by atoms with Crippen LogP contribution in [0.2, 0.25) is 0 Å². The van der Waals surface area contributed by atoms with Crippen molar-refractivity contribution in [2.45, 2.75) is 4.90 Å². The first-order chi connectivity index (χ1) is 17.3. The molecule has 0 saturated heterocycles. The van der Waals surface area contributed by atoms with Crippen LogP contribution in [-0.2, 0) is 10.0 Å². The van der Waals surface area contributed by atoms with Gasteiger partial charge in [0.2, 0.25) is 6.79 Å². The molecule has 1 aliphatic rings. The van der Waals surface area contributed by atoms with Crippen LogP contribution in [-0.4, -0.2) is 50.7 Å². The first kappa shape index (κ1) is 25.2. The average Bonchev–Trinajstić information content (AvgIpc) is 3.33. The molecule has 3 N–H and O–H groups in total. The van der Waals surface area contributed by atoms with Crippen molar-refractivity contribution >= 4 is 33.3 Å². The van der Waals surface area contributed by atoms with Crippen molar-refractivity contribution in [3.63, 3.8) is 0 Å². The summed E-state index contributed by atoms with van der Waals surface area (Å²) < 4.78 is 56.1. The molecule has 0 atom stereocenters. The lowest BCUT2D eigenvalue weighted by Gasteiger charge is -2.19. The van der Waals surface area contributed by atoms with E-state index in [0.29, 0.717) is 5.75 Å². The number of carboxylic acids is 1. The number of alkyl halides is 1. The maximum Gasteiger partial charge on any atom is 0.335 e. The summed E-state index contributed by atoms with van der Waals surface area (Å²) >= 11 is 5.69. The summed E-state index contributed by atoms with van der Waals surface area (Å²) in [6, 6.07) is 12.5. The molecular formula is C23H20ClNO10S. The van der Waals surface area contributed by atoms with E-state index < -0.39 is 16.0 Å². The molecule has 190 valence electrons. The molecule has 3 aromatic carbocycles. The van der Waals surface area contributed by atoms with Crippen LogP contribution in [0.25, 0.3) is 0 Å². The Morgan fingerprint density at radius 3 is 2.47 bits per heavy atom. The lowest BCUT2D eigenvalue weighted by atomic mass is 10.1. The van der Waals surface area contributed by atoms with E-state index in [9.17, 15) is 23.4 Å². The third kappa shape index (κ3) is 5.51. The maximum atomic E-state index is 13.2. The number of aliphatic hydroxyl groups is 1. The zero-order valence-corrected chi connectivity index (χ0v) is 20.0. The molecule has 0 unspecified atom stereocenters. The summed E-state index contributed by atoms with van der Waals surface area (Å²) in [5.74, 6) is -0.610. The smallest absolute Gasteiger partial charge is 0.335 e. The second-order valence-electron chi connectivity index (χ2n) is 7.15. The number of anilines is 1. The monoisotopic (exact) mass is 537 g/mol. The largest absolute Gasteiger partial charge is 0.487 e. The number of hydrogen-bond donors (Lipinski definition) is 3. The number of carboxylic acid groups (broad SMARTS) is 1. The highest BCUT2D eigenvalue weighted by Crippen LogP contribution is 2.44. The molecule has 1 heterocycles. The van der Waals surface area contributed by atoms with Gasteiger partial charge in [0.1, 0.15) is 6.61 Å². The van der Waals surface area contributed by atoms with Crippen molar-refractivity contribution in [1.82, 2.24) is 0 Å². The quantitative estimate of drug-likeness (QED) is 0.309. The minimum Gasteiger partial charge on any atom is -0.487 e. The van der Waals surface area contributed by atoms with Gasteiger partial charge < -0.3 is 33.9 Å². The Kier molecular flexibility index (Phi) is 7.58. The highest BCUT2D eigenvalue weighted by Gasteiger charge is 2.25. The van der Waals surface area contributed by atoms with Gasteiger partial charge in [-0.2, -0.15) is 0 Å². The standard InChI is InChI=1S/C23H20ClNO10S/c24-12-32-17-3-1-2-4-19(17)35-22-16(9-14(23(27)28)10-21(22)31-8-7-26)25-36(29,30)15-5-6-18-20(11-15)34-13-33-18/h1-6,9-11,25-26H,7-8,12-13H2,(H,27,28). The number of nitrogens with one attached hydrogen (secondary N) is 1. The summed E-state index contributed by atoms with van der Waals surface area (Å²) in [7, 11) is -4.27. The van der Waals surface area contributed by atoms with E-state index >= 15 is 0 Å². The molecule has 3 aromatic rings. The van der Waals surface area contributed by atoms with Crippen molar-refractivity contribution in [2.24, 2.45) is 0 Å². The van der Waals surface area contributed by atoms with Crippen LogP contribution in [0.3, 0.4) is 0 Å². The van der Waals surface area contributed by atoms with Gasteiger partial charge in [0.05, 0.1) is 22.8 Å². The molecule has 11 nitrogen and oxygen atoms in total. The molecule has 13 heteroatoms. The van der Waals surface area contributed by atoms with Crippen LogP contribution in [0.1, 0.15) is 10.4 Å². The third-order valence-electron chi connectivity index (χ3n) is 4.82. The molecule has 0 radical (unpaired) electrons. The predicted octanol–water partition coefficient (Wildman–Crippen LogP) is 3.65. The van der Waals surface area contributed by atoms with Gasteiger partial charge in [-0.3, -0.25) is 4.72 Å². The summed E-state index contributed by atoms with van der Waals surface area (Å²) in [6.07, 6.45) is 0. The lowest BCUT2D eigenvalue weighted by Crippen LogP contribution is -2.15. The van der Waals surface area contributed by atoms with Crippen molar-refractivity contribution in [1.29, 1.82) is 0 Å². The Labute approximate surface area is 210 Å². The minimum absolute atomic E-state index is 0.0414. The van der Waals surface area contributed by atoms with E-state index in [-0.39, 0.29) is 71.0 Å². The number of para-hydroxylation sites is 2. The Bertz CT molecular complexity index is 1380. The van der Waals surface area contributed by atoms with Gasteiger partial charge in [-0.15, -0.1) is 0 Å². The Balaban J connectivity index is 1.81. The van der Waals surface area contributed by atoms with Crippen LogP contribution in [0.15, 0.2) is 59.5 Å². The van der Waals surface area contributed by atoms with E-state index in [1.54, 1.807) is 24.3 Å². The van der Waals surface area contributed by atoms with E-state index in [2.05, 4.69) is 4.72 Å². The molecule has 0 spiro atoms. The van der Waals surface area contributed by atoms with Gasteiger partial charge in [0.25, 0.3) is 10.0 Å². The van der Waals surface area contributed by atoms with Crippen LogP contribution >= 0.6 is 11.6 Å². The Hall–Kier alpha value is -3.87. The average molecular weight is 538 g/mol. The zero-order chi connectivity index (χ0) is 25.7. The number of sulfonamides is 1. The SMILES string of the molecule is O=C(O)c1cc(NS(=O)(=O)c2ccc3c(c2)OCO3)c(Oc2ccccc2OCCl)c(OCCO)c1. The summed E-state index contributed by atoms with van der Waals surface area (Å²) in [4.78, 5) is 11.6. The van der Waals surface area contributed by atoms with Crippen molar-refractivity contribution < 1.29 is 47.1 Å². The summed E-state index contributed by atoms with van der Waals surface area (Å²) in [5.41, 5.74) is -0.523. The number of fused-ring (bicyclic) bond motifs is 1. The van der Waals surface area contributed by atoms with Crippen LogP contribution < -0.4 is 28.4 Å². The van der Waals surface area contributed by atoms with Crippen molar-refractivity contribution in [3.05, 3.63) is 60.2 Å². The van der Waals surface area contributed by atoms with E-state index in [1.807, 2.05) is 0 Å². The van der Waals surface area contributed by atoms with Gasteiger partial charge in [0.15, 0.2) is 40.6 Å². The number of aliphatic hydroxyl groups excluding tert-OH is 1. The summed E-state index contributed by atoms with van der Waals surface area (Å²) in [6.45, 7) is -0.644. The van der Waals surface area contributed by atoms with Crippen molar-refractivity contribution in [3.8, 4) is 34.5 Å². The van der Waals surface area contributed by atoms with Crippen LogP contribution in [0.5, 0.6) is 34.5 Å². The number of rotatable bonds is 11. The fraction of sp³-hybridized carbons (Fsp3) is 0.174. The molecule has 0 amide bonds. The first-order valence-corrected chi connectivity index (χ1v) is 12.4. The molecule has 1 aliphatic heterocycles. The first-order valence-electron chi connectivity index (χ1n) is 10.4.